The molecule has 0 saturated carbocycles. The van der Waals surface area contributed by atoms with E-state index in [1.807, 2.05) is 6.62 Å². The molecule has 0 radical (unpaired) electrons. The summed E-state index contributed by atoms with van der Waals surface area (Å²) in [6.45, 7) is 1.88. The Bertz CT molecular complexity index is 11.6. The van der Waals surface area contributed by atoms with Crippen molar-refractivity contribution >= 4 is 111 Å². The molecule has 5 heavy (non-hydrogen) atoms. The molecular weight excluding hydrogens is 267 g/mol. The molecule has 0 fully saturated rings. The van der Waals surface area contributed by atoms with E-state index in [2.05, 4.69) is 16.1 Å². The number of hydrogen-bond acceptors (Lipinski definition) is 0. The fourth-order valence-corrected chi connectivity index (χ4v) is 0. The molecular formula is H9AlBBaCaCr. The van der Waals surface area contributed by atoms with Crippen LogP contribution in [-0.4, -0.2) is 111 Å². The molecule has 0 unspecified atom stereocenters. The zero-order valence-electron chi connectivity index (χ0n) is 1.41. The minimum absolute atomic E-state index is 0. The molecule has 0 aliphatic heterocycles. The quantitative estimate of drug-likeness (QED) is 0.396. The molecule has 0 rings (SSSR count). The van der Waals surface area contributed by atoms with Crippen LogP contribution in [0.25, 0.3) is 0 Å². The maximum atomic E-state index is 2.62. The molecule has 0 saturated heterocycles. The number of rotatable bonds is 0. The van der Waals surface area contributed by atoms with Crippen LogP contribution in [0, 0.1) is 0 Å². The van der Waals surface area contributed by atoms with Crippen LogP contribution in [-0.2, 0) is 16.1 Å². The van der Waals surface area contributed by atoms with Gasteiger partial charge in [-0.15, -0.1) is 0 Å². The third kappa shape index (κ3) is 18.0. The van der Waals surface area contributed by atoms with E-state index in [0.717, 1.165) is 0 Å². The first-order valence-electron chi connectivity index (χ1n) is 0.408. The SMILES string of the molecule is [AlH3].[BH2][Cr].[BaH2].[CaH2]. The van der Waals surface area contributed by atoms with Gasteiger partial charge in [0.25, 0.3) is 0 Å². The summed E-state index contributed by atoms with van der Waals surface area (Å²) in [6.07, 6.45) is 0. The van der Waals surface area contributed by atoms with E-state index in [0.29, 0.717) is 0 Å². The molecule has 0 aromatic carbocycles. The summed E-state index contributed by atoms with van der Waals surface area (Å²) < 4.78 is 0. The first-order chi connectivity index (χ1) is 1.00. The molecule has 0 aromatic heterocycles. The Morgan fingerprint density at radius 2 is 1.20 bits per heavy atom. The topological polar surface area (TPSA) is 0 Å². The molecule has 0 spiro atoms. The Morgan fingerprint density at radius 1 is 1.20 bits per heavy atom. The summed E-state index contributed by atoms with van der Waals surface area (Å²) in [5.41, 5.74) is 0. The van der Waals surface area contributed by atoms with Crippen molar-refractivity contribution < 1.29 is 16.1 Å². The van der Waals surface area contributed by atoms with Gasteiger partial charge in [0.15, 0.2) is 17.4 Å². The molecule has 0 bridgehead atoms. The van der Waals surface area contributed by atoms with Crippen LogP contribution < -0.4 is 0 Å². The average Bonchev–Trinajstić information content (AvgIpc) is 1.00. The summed E-state index contributed by atoms with van der Waals surface area (Å²) in [7, 11) is 0. The van der Waals surface area contributed by atoms with Crippen LogP contribution in [0.2, 0.25) is 0 Å². The van der Waals surface area contributed by atoms with Gasteiger partial charge >= 0.3 is 109 Å². The van der Waals surface area contributed by atoms with Gasteiger partial charge in [0.1, 0.15) is 0 Å². The minimum atomic E-state index is 0. The molecule has 25 valence electrons. The van der Waals surface area contributed by atoms with Gasteiger partial charge in [-0.1, -0.05) is 0 Å². The monoisotopic (exact) mass is 277 g/mol. The van der Waals surface area contributed by atoms with Crippen molar-refractivity contribution in [2.75, 3.05) is 0 Å². The van der Waals surface area contributed by atoms with Crippen molar-refractivity contribution in [2.24, 2.45) is 0 Å². The summed E-state index contributed by atoms with van der Waals surface area (Å²) >= 11 is 2.62. The Hall–Kier alpha value is 3.96. The third-order valence-corrected chi connectivity index (χ3v) is 0. The molecule has 0 atom stereocenters. The van der Waals surface area contributed by atoms with Crippen molar-refractivity contribution in [1.29, 1.82) is 0 Å². The molecule has 0 aliphatic carbocycles. The zero-order valence-corrected chi connectivity index (χ0v) is 2.68. The predicted molar refractivity (Wildman–Crippen MR) is 35.6 cm³/mol. The first kappa shape index (κ1) is 23.1. The van der Waals surface area contributed by atoms with E-state index in [1.165, 1.54) is 0 Å². The molecule has 5 heteroatoms. The third-order valence-electron chi connectivity index (χ3n) is 0. The van der Waals surface area contributed by atoms with E-state index < -0.39 is 0 Å². The Labute approximate surface area is 123 Å². The molecule has 0 aliphatic rings. The summed E-state index contributed by atoms with van der Waals surface area (Å²) in [5, 5.41) is 0. The molecule has 0 N–H and O–H groups in total. The Balaban J connectivity index is -0.00000000167. The molecule has 0 heterocycles. The van der Waals surface area contributed by atoms with Crippen LogP contribution in [0.3, 0.4) is 0 Å². The van der Waals surface area contributed by atoms with Gasteiger partial charge in [-0.05, 0) is 0 Å². The second kappa shape index (κ2) is 24.6. The van der Waals surface area contributed by atoms with Gasteiger partial charge in [-0.3, -0.25) is 0 Å². The first-order valence-corrected chi connectivity index (χ1v) is 1.68. The van der Waals surface area contributed by atoms with Crippen LogP contribution in [0.15, 0.2) is 0 Å². The van der Waals surface area contributed by atoms with Crippen molar-refractivity contribution in [2.45, 2.75) is 0 Å². The number of hydrogen-bond donors (Lipinski definition) is 0. The van der Waals surface area contributed by atoms with Crippen molar-refractivity contribution in [3.8, 4) is 0 Å². The van der Waals surface area contributed by atoms with Gasteiger partial charge < -0.3 is 0 Å². The van der Waals surface area contributed by atoms with E-state index in [9.17, 15) is 0 Å². The Kier molecular flexibility index (Phi) is 113. The van der Waals surface area contributed by atoms with Crippen LogP contribution in [0.4, 0.5) is 0 Å². The molecule has 0 nitrogen and oxygen atoms in total. The normalized spacial score (nSPS) is 0.800. The van der Waals surface area contributed by atoms with Crippen LogP contribution in [0.5, 0.6) is 0 Å². The van der Waals surface area contributed by atoms with Crippen LogP contribution in [0.1, 0.15) is 0 Å². The molecule has 0 amide bonds. The van der Waals surface area contributed by atoms with Gasteiger partial charge in [0.2, 0.25) is 0 Å². The second-order valence-corrected chi connectivity index (χ2v) is 0. The summed E-state index contributed by atoms with van der Waals surface area (Å²) in [5.74, 6) is 0. The summed E-state index contributed by atoms with van der Waals surface area (Å²) in [4.78, 5) is 0. The average molecular weight is 276 g/mol. The predicted octanol–water partition coefficient (Wildman–Crippen LogP) is -3.94. The van der Waals surface area contributed by atoms with Gasteiger partial charge in [-0.2, -0.15) is 0 Å². The summed E-state index contributed by atoms with van der Waals surface area (Å²) in [6, 6.07) is 0. The van der Waals surface area contributed by atoms with E-state index >= 15 is 0 Å². The van der Waals surface area contributed by atoms with Gasteiger partial charge in [-0.25, -0.2) is 0 Å². The zero-order chi connectivity index (χ0) is 2.00. The molecule has 0 aromatic rings. The maximum absolute atomic E-state index is 2.62. The Morgan fingerprint density at radius 3 is 1.20 bits per heavy atom. The van der Waals surface area contributed by atoms with Crippen molar-refractivity contribution in [3.63, 3.8) is 0 Å². The van der Waals surface area contributed by atoms with E-state index in [1.54, 1.807) is 0 Å². The fraction of sp³-hybridized carbons (Fsp3) is 0. The fourth-order valence-electron chi connectivity index (χ4n) is 0. The van der Waals surface area contributed by atoms with Gasteiger partial charge in [0.05, 0.1) is 0 Å². The van der Waals surface area contributed by atoms with Crippen molar-refractivity contribution in [3.05, 3.63) is 0 Å². The van der Waals surface area contributed by atoms with Crippen molar-refractivity contribution in [1.82, 2.24) is 0 Å². The van der Waals surface area contributed by atoms with E-state index in [-0.39, 0.29) is 104 Å². The van der Waals surface area contributed by atoms with E-state index in [4.69, 9.17) is 0 Å². The van der Waals surface area contributed by atoms with Crippen LogP contribution >= 0.6 is 0 Å². The standard InChI is InChI=1S/Al.BH2.Ba.Ca.Cr.7H/h;1H2;;;;;;;;;;/q;+1;;;-1;;;;;;;. The van der Waals surface area contributed by atoms with Gasteiger partial charge in [0, 0.05) is 0 Å². The second-order valence-electron chi connectivity index (χ2n) is 0.